The molecule has 2 bridgehead atoms. The molecule has 0 amide bonds. The van der Waals surface area contributed by atoms with E-state index < -0.39 is 0 Å². The van der Waals surface area contributed by atoms with Gasteiger partial charge < -0.3 is 4.74 Å². The molecule has 4 unspecified atom stereocenters. The Morgan fingerprint density at radius 3 is 2.56 bits per heavy atom. The molecule has 0 spiro atoms. The van der Waals surface area contributed by atoms with Crippen LogP contribution in [0.5, 0.6) is 0 Å². The van der Waals surface area contributed by atoms with Gasteiger partial charge in [-0.05, 0) is 31.7 Å². The highest BCUT2D eigenvalue weighted by atomic mass is 16.5. The van der Waals surface area contributed by atoms with Gasteiger partial charge in [0.15, 0.2) is 0 Å². The normalized spacial score (nSPS) is 31.7. The van der Waals surface area contributed by atoms with E-state index in [-0.39, 0.29) is 23.3 Å². The van der Waals surface area contributed by atoms with Crippen LogP contribution in [0.1, 0.15) is 52.5 Å². The third-order valence-corrected chi connectivity index (χ3v) is 6.25. The first-order valence-electron chi connectivity index (χ1n) is 9.72. The zero-order valence-electron chi connectivity index (χ0n) is 16.0. The van der Waals surface area contributed by atoms with E-state index in [9.17, 15) is 4.79 Å². The molecule has 0 aromatic heterocycles. The third-order valence-electron chi connectivity index (χ3n) is 6.25. The molecule has 1 saturated heterocycles. The molecule has 4 atom stereocenters. The highest BCUT2D eigenvalue weighted by Crippen LogP contribution is 2.53. The molecule has 1 aromatic carbocycles. The van der Waals surface area contributed by atoms with Crippen molar-refractivity contribution in [2.24, 2.45) is 11.3 Å². The average Bonchev–Trinajstić information content (AvgIpc) is 2.62. The van der Waals surface area contributed by atoms with Crippen molar-refractivity contribution in [1.82, 2.24) is 4.90 Å². The molecule has 3 aliphatic rings. The Morgan fingerprint density at radius 1 is 1.24 bits per heavy atom. The van der Waals surface area contributed by atoms with Crippen molar-refractivity contribution in [1.29, 1.82) is 0 Å². The fourth-order valence-electron chi connectivity index (χ4n) is 5.16. The Labute approximate surface area is 152 Å². The smallest absolute Gasteiger partial charge is 0.310 e. The Kier molecular flexibility index (Phi) is 5.33. The first-order chi connectivity index (χ1) is 12.0. The molecular weight excluding hydrogens is 310 g/mol. The van der Waals surface area contributed by atoms with Gasteiger partial charge in [-0.25, -0.2) is 0 Å². The molecule has 0 N–H and O–H groups in total. The minimum absolute atomic E-state index is 0.0299. The maximum absolute atomic E-state index is 12.6. The van der Waals surface area contributed by atoms with E-state index in [0.29, 0.717) is 12.6 Å². The maximum atomic E-state index is 12.6. The van der Waals surface area contributed by atoms with Crippen molar-refractivity contribution in [3.05, 3.63) is 47.5 Å². The molecular formula is C22H31NO2. The molecule has 2 aliphatic heterocycles. The lowest BCUT2D eigenvalue weighted by Gasteiger charge is -2.59. The Balaban J connectivity index is 1.98. The number of fused-ring (bicyclic) bond motifs is 2. The van der Waals surface area contributed by atoms with Crippen LogP contribution in [0.3, 0.4) is 0 Å². The second-order valence-corrected chi connectivity index (χ2v) is 7.60. The molecule has 3 heteroatoms. The Morgan fingerprint density at radius 2 is 1.96 bits per heavy atom. The summed E-state index contributed by atoms with van der Waals surface area (Å²) in [6.45, 7) is 10.1. The minimum Gasteiger partial charge on any atom is -0.466 e. The fourth-order valence-corrected chi connectivity index (χ4v) is 5.16. The topological polar surface area (TPSA) is 29.5 Å². The largest absolute Gasteiger partial charge is 0.466 e. The number of piperidine rings is 1. The van der Waals surface area contributed by atoms with Crippen LogP contribution in [0.25, 0.3) is 0 Å². The van der Waals surface area contributed by atoms with Crippen molar-refractivity contribution < 1.29 is 9.53 Å². The molecule has 2 heterocycles. The number of benzene rings is 1. The van der Waals surface area contributed by atoms with Gasteiger partial charge in [0.1, 0.15) is 0 Å². The number of rotatable bonds is 6. The van der Waals surface area contributed by atoms with Gasteiger partial charge in [0, 0.05) is 24.0 Å². The highest BCUT2D eigenvalue weighted by molar-refractivity contribution is 5.75. The van der Waals surface area contributed by atoms with Crippen LogP contribution in [0.2, 0.25) is 0 Å². The summed E-state index contributed by atoms with van der Waals surface area (Å²) in [5.41, 5.74) is 2.89. The van der Waals surface area contributed by atoms with Gasteiger partial charge >= 0.3 is 5.97 Å². The number of nitrogens with zero attached hydrogens (tertiary/aromatic N) is 1. The van der Waals surface area contributed by atoms with Crippen LogP contribution >= 0.6 is 0 Å². The van der Waals surface area contributed by atoms with Crippen molar-refractivity contribution in [2.75, 3.05) is 6.61 Å². The minimum atomic E-state index is -0.0493. The van der Waals surface area contributed by atoms with Crippen molar-refractivity contribution >= 4 is 5.97 Å². The summed E-state index contributed by atoms with van der Waals surface area (Å²) in [6, 6.07) is 11.2. The van der Waals surface area contributed by atoms with Gasteiger partial charge in [-0.3, -0.25) is 9.69 Å². The molecule has 136 valence electrons. The predicted molar refractivity (Wildman–Crippen MR) is 101 cm³/mol. The molecule has 1 aliphatic carbocycles. The van der Waals surface area contributed by atoms with Crippen LogP contribution < -0.4 is 0 Å². The number of hydrogen-bond donors (Lipinski definition) is 0. The lowest BCUT2D eigenvalue weighted by atomic mass is 9.58. The van der Waals surface area contributed by atoms with E-state index in [1.807, 2.05) is 6.92 Å². The summed E-state index contributed by atoms with van der Waals surface area (Å²) in [5, 5.41) is 0. The second kappa shape index (κ2) is 7.33. The van der Waals surface area contributed by atoms with E-state index in [4.69, 9.17) is 4.74 Å². The lowest BCUT2D eigenvalue weighted by molar-refractivity contribution is -0.158. The third kappa shape index (κ3) is 3.15. The van der Waals surface area contributed by atoms with Crippen LogP contribution in [-0.2, 0) is 16.1 Å². The van der Waals surface area contributed by atoms with Crippen LogP contribution in [0.4, 0.5) is 0 Å². The summed E-state index contributed by atoms with van der Waals surface area (Å²) in [7, 11) is 0. The molecule has 3 nitrogen and oxygen atoms in total. The van der Waals surface area contributed by atoms with E-state index in [2.05, 4.69) is 62.1 Å². The van der Waals surface area contributed by atoms with Gasteiger partial charge in [-0.15, -0.1) is 0 Å². The number of hydrogen-bond acceptors (Lipinski definition) is 3. The summed E-state index contributed by atoms with van der Waals surface area (Å²) >= 11 is 0. The predicted octanol–water partition coefficient (Wildman–Crippen LogP) is 4.58. The van der Waals surface area contributed by atoms with Crippen molar-refractivity contribution in [3.8, 4) is 0 Å². The summed E-state index contributed by atoms with van der Waals surface area (Å²) in [6.07, 6.45) is 5.46. The fraction of sp³-hybridized carbons (Fsp3) is 0.591. The number of carbonyl (C=O) groups excluding carboxylic acids is 1. The van der Waals surface area contributed by atoms with Gasteiger partial charge in [0.25, 0.3) is 0 Å². The summed E-state index contributed by atoms with van der Waals surface area (Å²) in [5.74, 6) is -0.0792. The highest BCUT2D eigenvalue weighted by Gasteiger charge is 2.55. The SMILES string of the molecule is CCOC(=O)C1CC2(C)C(CC)=CC1N(Cc1ccccc1)C2CC. The molecule has 25 heavy (non-hydrogen) atoms. The van der Waals surface area contributed by atoms with E-state index >= 15 is 0 Å². The maximum Gasteiger partial charge on any atom is 0.310 e. The van der Waals surface area contributed by atoms with Crippen LogP contribution in [0.15, 0.2) is 42.0 Å². The average molecular weight is 341 g/mol. The molecule has 4 rings (SSSR count). The molecule has 1 fully saturated rings. The number of ether oxygens (including phenoxy) is 1. The van der Waals surface area contributed by atoms with Gasteiger partial charge in [-0.1, -0.05) is 62.8 Å². The molecule has 0 saturated carbocycles. The summed E-state index contributed by atoms with van der Waals surface area (Å²) in [4.78, 5) is 15.2. The van der Waals surface area contributed by atoms with Crippen molar-refractivity contribution in [2.45, 2.75) is 65.6 Å². The van der Waals surface area contributed by atoms with Gasteiger partial charge in [0.2, 0.25) is 0 Å². The zero-order valence-corrected chi connectivity index (χ0v) is 16.0. The Hall–Kier alpha value is -1.61. The van der Waals surface area contributed by atoms with Gasteiger partial charge in [-0.2, -0.15) is 0 Å². The number of carbonyl (C=O) groups is 1. The lowest BCUT2D eigenvalue weighted by Crippen LogP contribution is -2.63. The summed E-state index contributed by atoms with van der Waals surface area (Å²) < 4.78 is 5.42. The first-order valence-corrected chi connectivity index (χ1v) is 9.72. The standard InChI is InChI=1S/C22H31NO2/c1-5-17-13-19-18(21(24)25-7-3)14-22(17,4)20(6-2)23(19)15-16-11-9-8-10-12-16/h8-13,18-20H,5-7,14-15H2,1-4H3. The van der Waals surface area contributed by atoms with Crippen molar-refractivity contribution in [3.63, 3.8) is 0 Å². The molecule has 1 aromatic rings. The first kappa shape index (κ1) is 18.2. The van der Waals surface area contributed by atoms with E-state index in [1.165, 1.54) is 11.1 Å². The Bertz CT molecular complexity index is 639. The van der Waals surface area contributed by atoms with Crippen LogP contribution in [-0.4, -0.2) is 29.6 Å². The second-order valence-electron chi connectivity index (χ2n) is 7.60. The van der Waals surface area contributed by atoms with Crippen LogP contribution in [0, 0.1) is 11.3 Å². The molecule has 0 radical (unpaired) electrons. The van der Waals surface area contributed by atoms with E-state index in [1.54, 1.807) is 0 Å². The van der Waals surface area contributed by atoms with Gasteiger partial charge in [0.05, 0.1) is 12.5 Å². The monoisotopic (exact) mass is 341 g/mol. The quantitative estimate of drug-likeness (QED) is 0.560. The number of esters is 1. The zero-order chi connectivity index (χ0) is 18.0. The van der Waals surface area contributed by atoms with E-state index in [0.717, 1.165) is 25.8 Å².